The third-order valence-electron chi connectivity index (χ3n) is 4.39. The molecule has 3 atom stereocenters. The van der Waals surface area contributed by atoms with Gasteiger partial charge in [-0.15, -0.1) is 0 Å². The Morgan fingerprint density at radius 2 is 2.28 bits per heavy atom. The minimum Gasteiger partial charge on any atom is -0.374 e. The van der Waals surface area contributed by atoms with Crippen LogP contribution < -0.4 is 5.73 Å². The Kier molecular flexibility index (Phi) is 3.20. The zero-order chi connectivity index (χ0) is 12.8. The zero-order valence-electron chi connectivity index (χ0n) is 10.2. The van der Waals surface area contributed by atoms with Crippen LogP contribution in [0.4, 0.5) is 4.39 Å². The van der Waals surface area contributed by atoms with Gasteiger partial charge in [0.2, 0.25) is 0 Å². The normalized spacial score (nSPS) is 34.2. The fourth-order valence-electron chi connectivity index (χ4n) is 3.41. The van der Waals surface area contributed by atoms with Crippen molar-refractivity contribution >= 4 is 15.9 Å². The van der Waals surface area contributed by atoms with Crippen molar-refractivity contribution in [3.63, 3.8) is 0 Å². The van der Waals surface area contributed by atoms with Crippen molar-refractivity contribution in [3.05, 3.63) is 34.1 Å². The maximum absolute atomic E-state index is 13.1. The van der Waals surface area contributed by atoms with E-state index in [0.29, 0.717) is 12.6 Å². The fourth-order valence-corrected chi connectivity index (χ4v) is 3.90. The molecule has 98 valence electrons. The van der Waals surface area contributed by atoms with E-state index in [9.17, 15) is 4.39 Å². The average molecular weight is 314 g/mol. The molecule has 0 aliphatic carbocycles. The van der Waals surface area contributed by atoms with E-state index in [1.165, 1.54) is 12.1 Å². The van der Waals surface area contributed by atoms with Gasteiger partial charge in [-0.2, -0.15) is 0 Å². The van der Waals surface area contributed by atoms with Crippen LogP contribution in [0.25, 0.3) is 0 Å². The lowest BCUT2D eigenvalue weighted by atomic mass is 9.70. The maximum Gasteiger partial charge on any atom is 0.124 e. The standard InChI is InChI=1S/C14H17BrFNO/c15-12-5-10(16)2-1-9(12)6-14(8-17)7-11-3-4-13(14)18-11/h1-2,5,11,13H,3-4,6-8,17H2. The Labute approximate surface area is 115 Å². The fraction of sp³-hybridized carbons (Fsp3) is 0.571. The Hall–Kier alpha value is -0.450. The highest BCUT2D eigenvalue weighted by atomic mass is 79.9. The number of hydrogen-bond donors (Lipinski definition) is 1. The Bertz CT molecular complexity index is 467. The topological polar surface area (TPSA) is 35.2 Å². The summed E-state index contributed by atoms with van der Waals surface area (Å²) in [6.07, 6.45) is 4.85. The minimum atomic E-state index is -0.211. The van der Waals surface area contributed by atoms with E-state index in [1.807, 2.05) is 6.07 Å². The highest BCUT2D eigenvalue weighted by Gasteiger charge is 2.51. The molecule has 3 rings (SSSR count). The predicted octanol–water partition coefficient (Wildman–Crippen LogP) is 3.03. The van der Waals surface area contributed by atoms with E-state index in [2.05, 4.69) is 15.9 Å². The van der Waals surface area contributed by atoms with Crippen LogP contribution in [0.2, 0.25) is 0 Å². The molecule has 0 amide bonds. The second-order valence-corrected chi connectivity index (χ2v) is 6.36. The summed E-state index contributed by atoms with van der Waals surface area (Å²) >= 11 is 3.44. The molecule has 2 fully saturated rings. The number of halogens is 2. The van der Waals surface area contributed by atoms with Crippen LogP contribution in [-0.4, -0.2) is 18.8 Å². The molecule has 2 N–H and O–H groups in total. The lowest BCUT2D eigenvalue weighted by molar-refractivity contribution is 0.0636. The molecule has 2 heterocycles. The molecule has 1 aromatic rings. The van der Waals surface area contributed by atoms with Crippen molar-refractivity contribution in [2.75, 3.05) is 6.54 Å². The van der Waals surface area contributed by atoms with Crippen LogP contribution in [0, 0.1) is 11.2 Å². The van der Waals surface area contributed by atoms with Gasteiger partial charge in [-0.25, -0.2) is 4.39 Å². The first-order valence-electron chi connectivity index (χ1n) is 6.42. The average Bonchev–Trinajstić information content (AvgIpc) is 2.93. The van der Waals surface area contributed by atoms with Crippen LogP contribution in [0.3, 0.4) is 0 Å². The lowest BCUT2D eigenvalue weighted by Gasteiger charge is -2.34. The molecular weight excluding hydrogens is 297 g/mol. The predicted molar refractivity (Wildman–Crippen MR) is 71.8 cm³/mol. The van der Waals surface area contributed by atoms with E-state index in [4.69, 9.17) is 10.5 Å². The Morgan fingerprint density at radius 1 is 1.44 bits per heavy atom. The van der Waals surface area contributed by atoms with Crippen LogP contribution >= 0.6 is 15.9 Å². The first-order valence-corrected chi connectivity index (χ1v) is 7.22. The van der Waals surface area contributed by atoms with Crippen molar-refractivity contribution in [1.82, 2.24) is 0 Å². The largest absolute Gasteiger partial charge is 0.374 e. The van der Waals surface area contributed by atoms with Gasteiger partial charge in [-0.1, -0.05) is 22.0 Å². The second kappa shape index (κ2) is 4.58. The molecule has 2 saturated heterocycles. The molecule has 4 heteroatoms. The molecule has 2 bridgehead atoms. The zero-order valence-corrected chi connectivity index (χ0v) is 11.7. The van der Waals surface area contributed by atoms with Crippen LogP contribution in [0.5, 0.6) is 0 Å². The van der Waals surface area contributed by atoms with E-state index in [1.54, 1.807) is 0 Å². The van der Waals surface area contributed by atoms with Crippen molar-refractivity contribution in [2.45, 2.75) is 37.9 Å². The Balaban J connectivity index is 1.86. The summed E-state index contributed by atoms with van der Waals surface area (Å²) in [5.41, 5.74) is 7.18. The van der Waals surface area contributed by atoms with E-state index >= 15 is 0 Å². The molecular formula is C14H17BrFNO. The van der Waals surface area contributed by atoms with Crippen molar-refractivity contribution < 1.29 is 9.13 Å². The summed E-state index contributed by atoms with van der Waals surface area (Å²) in [7, 11) is 0. The van der Waals surface area contributed by atoms with Gasteiger partial charge in [0.25, 0.3) is 0 Å². The van der Waals surface area contributed by atoms with Gasteiger partial charge >= 0.3 is 0 Å². The van der Waals surface area contributed by atoms with Gasteiger partial charge in [0.05, 0.1) is 12.2 Å². The molecule has 1 aromatic carbocycles. The molecule has 0 aromatic heterocycles. The summed E-state index contributed by atoms with van der Waals surface area (Å²) in [5.74, 6) is -0.211. The second-order valence-electron chi connectivity index (χ2n) is 5.51. The first kappa shape index (κ1) is 12.6. The summed E-state index contributed by atoms with van der Waals surface area (Å²) in [4.78, 5) is 0. The summed E-state index contributed by atoms with van der Waals surface area (Å²) in [6.45, 7) is 0.637. The van der Waals surface area contributed by atoms with Gasteiger partial charge in [-0.05, 0) is 43.4 Å². The monoisotopic (exact) mass is 313 g/mol. The SMILES string of the molecule is NCC1(Cc2ccc(F)cc2Br)CC2CCC1O2. The molecule has 3 unspecified atom stereocenters. The molecule has 0 saturated carbocycles. The van der Waals surface area contributed by atoms with Crippen LogP contribution in [0.15, 0.2) is 22.7 Å². The van der Waals surface area contributed by atoms with E-state index in [-0.39, 0.29) is 17.3 Å². The number of nitrogens with two attached hydrogens (primary N) is 1. The Morgan fingerprint density at radius 3 is 2.83 bits per heavy atom. The molecule has 18 heavy (non-hydrogen) atoms. The number of hydrogen-bond acceptors (Lipinski definition) is 2. The van der Waals surface area contributed by atoms with Crippen molar-refractivity contribution in [3.8, 4) is 0 Å². The lowest BCUT2D eigenvalue weighted by Crippen LogP contribution is -2.41. The molecule has 0 spiro atoms. The highest BCUT2D eigenvalue weighted by molar-refractivity contribution is 9.10. The third-order valence-corrected chi connectivity index (χ3v) is 5.13. The van der Waals surface area contributed by atoms with Crippen molar-refractivity contribution in [1.29, 1.82) is 0 Å². The van der Waals surface area contributed by atoms with Crippen molar-refractivity contribution in [2.24, 2.45) is 11.1 Å². The van der Waals surface area contributed by atoms with Crippen LogP contribution in [-0.2, 0) is 11.2 Å². The summed E-state index contributed by atoms with van der Waals surface area (Å²) < 4.78 is 19.9. The first-order chi connectivity index (χ1) is 8.63. The molecule has 2 nitrogen and oxygen atoms in total. The maximum atomic E-state index is 13.1. The molecule has 0 radical (unpaired) electrons. The number of ether oxygens (including phenoxy) is 1. The highest BCUT2D eigenvalue weighted by Crippen LogP contribution is 2.49. The molecule has 2 aliphatic heterocycles. The third kappa shape index (κ3) is 2.00. The van der Waals surface area contributed by atoms with Gasteiger partial charge < -0.3 is 10.5 Å². The van der Waals surface area contributed by atoms with Gasteiger partial charge in [0.15, 0.2) is 0 Å². The van der Waals surface area contributed by atoms with Gasteiger partial charge in [0.1, 0.15) is 5.82 Å². The van der Waals surface area contributed by atoms with Gasteiger partial charge in [-0.3, -0.25) is 0 Å². The summed E-state index contributed by atoms with van der Waals surface area (Å²) in [5, 5.41) is 0. The van der Waals surface area contributed by atoms with Gasteiger partial charge in [0, 0.05) is 16.4 Å². The smallest absolute Gasteiger partial charge is 0.124 e. The summed E-state index contributed by atoms with van der Waals surface area (Å²) in [6, 6.07) is 4.88. The molecule has 2 aliphatic rings. The van der Waals surface area contributed by atoms with E-state index in [0.717, 1.165) is 35.7 Å². The number of fused-ring (bicyclic) bond motifs is 2. The van der Waals surface area contributed by atoms with Crippen LogP contribution in [0.1, 0.15) is 24.8 Å². The minimum absolute atomic E-state index is 0.0449. The quantitative estimate of drug-likeness (QED) is 0.931. The number of benzene rings is 1. The number of rotatable bonds is 3. The van der Waals surface area contributed by atoms with E-state index < -0.39 is 0 Å².